The maximum Gasteiger partial charge on any atom is 0.321 e. The van der Waals surface area contributed by atoms with Gasteiger partial charge in [0.05, 0.1) is 6.21 Å². The topological polar surface area (TPSA) is 49.7 Å². The van der Waals surface area contributed by atoms with Crippen LogP contribution >= 0.6 is 34.8 Å². The Morgan fingerprint density at radius 1 is 1.33 bits per heavy atom. The van der Waals surface area contributed by atoms with E-state index < -0.39 is 14.0 Å². The van der Waals surface area contributed by atoms with Gasteiger partial charge in [-0.3, -0.25) is 0 Å². The molecule has 0 N–H and O–H groups in total. The van der Waals surface area contributed by atoms with E-state index in [4.69, 9.17) is 34.8 Å². The zero-order valence-electron chi connectivity index (χ0n) is 6.33. The Balaban J connectivity index is 4.58. The van der Waals surface area contributed by atoms with Crippen LogP contribution in [-0.2, 0) is 10.2 Å². The summed E-state index contributed by atoms with van der Waals surface area (Å²) in [5, 5.41) is 0. The van der Waals surface area contributed by atoms with Crippen molar-refractivity contribution in [1.82, 2.24) is 4.31 Å². The highest BCUT2D eigenvalue weighted by Crippen LogP contribution is 2.23. The van der Waals surface area contributed by atoms with Gasteiger partial charge in [0.15, 0.2) is 0 Å². The van der Waals surface area contributed by atoms with Gasteiger partial charge >= 0.3 is 10.2 Å². The van der Waals surface area contributed by atoms with Crippen molar-refractivity contribution >= 4 is 51.2 Å². The lowest BCUT2D eigenvalue weighted by atomic mass is 10.9. The van der Waals surface area contributed by atoms with E-state index in [0.717, 1.165) is 10.5 Å². The Morgan fingerprint density at radius 3 is 2.00 bits per heavy atom. The van der Waals surface area contributed by atoms with E-state index in [1.807, 2.05) is 0 Å². The van der Waals surface area contributed by atoms with Crippen LogP contribution < -0.4 is 0 Å². The molecule has 0 aromatic heterocycles. The van der Waals surface area contributed by atoms with Gasteiger partial charge < -0.3 is 0 Å². The minimum absolute atomic E-state index is 0.729. The van der Waals surface area contributed by atoms with Crippen molar-refractivity contribution in [3.05, 3.63) is 0 Å². The summed E-state index contributed by atoms with van der Waals surface area (Å²) in [7, 11) is -1.03. The molecule has 0 aliphatic rings. The van der Waals surface area contributed by atoms with Crippen LogP contribution in [0.25, 0.3) is 0 Å². The fraction of sp³-hybridized carbons (Fsp3) is 0.750. The van der Waals surface area contributed by atoms with Gasteiger partial charge in [-0.1, -0.05) is 34.8 Å². The number of halogens is 3. The Labute approximate surface area is 86.3 Å². The first-order chi connectivity index (χ1) is 5.15. The molecule has 0 fully saturated rings. The second-order valence-corrected chi connectivity index (χ2v) is 6.24. The van der Waals surface area contributed by atoms with Crippen LogP contribution in [-0.4, -0.2) is 36.8 Å². The maximum absolute atomic E-state index is 10.9. The molecule has 0 spiro atoms. The van der Waals surface area contributed by atoms with Crippen molar-refractivity contribution in [3.63, 3.8) is 0 Å². The Bertz CT molecular complexity index is 267. The first kappa shape index (κ1) is 12.4. The predicted octanol–water partition coefficient (Wildman–Crippen LogP) is 1.23. The highest BCUT2D eigenvalue weighted by atomic mass is 35.6. The summed E-state index contributed by atoms with van der Waals surface area (Å²) in [6.45, 7) is 0. The highest BCUT2D eigenvalue weighted by molar-refractivity contribution is 7.87. The smallest absolute Gasteiger partial charge is 0.189 e. The summed E-state index contributed by atoms with van der Waals surface area (Å²) in [4.78, 5) is 0. The number of hydrogen-bond donors (Lipinski definition) is 0. The first-order valence-corrected chi connectivity index (χ1v) is 5.24. The molecule has 0 rings (SSSR count). The van der Waals surface area contributed by atoms with Crippen LogP contribution in [0.1, 0.15) is 0 Å². The molecule has 0 unspecified atom stereocenters. The van der Waals surface area contributed by atoms with Crippen molar-refractivity contribution in [2.75, 3.05) is 14.1 Å². The van der Waals surface area contributed by atoms with E-state index in [1.165, 1.54) is 14.1 Å². The second-order valence-electron chi connectivity index (χ2n) is 2.04. The molecule has 0 aromatic rings. The van der Waals surface area contributed by atoms with Gasteiger partial charge in [-0.15, -0.1) is 0 Å². The maximum atomic E-state index is 10.9. The van der Waals surface area contributed by atoms with Crippen LogP contribution in [0.4, 0.5) is 0 Å². The minimum Gasteiger partial charge on any atom is -0.189 e. The molecular weight excluding hydrogens is 246 g/mol. The van der Waals surface area contributed by atoms with E-state index in [1.54, 1.807) is 0 Å². The van der Waals surface area contributed by atoms with E-state index in [0.29, 0.717) is 0 Å². The zero-order chi connectivity index (χ0) is 9.99. The lowest BCUT2D eigenvalue weighted by Crippen LogP contribution is -2.21. The van der Waals surface area contributed by atoms with Gasteiger partial charge in [0.1, 0.15) is 0 Å². The molecule has 0 aliphatic carbocycles. The van der Waals surface area contributed by atoms with E-state index in [2.05, 4.69) is 4.40 Å². The van der Waals surface area contributed by atoms with Gasteiger partial charge in [0.25, 0.3) is 0 Å². The third-order valence-electron chi connectivity index (χ3n) is 0.794. The van der Waals surface area contributed by atoms with Gasteiger partial charge in [-0.2, -0.15) is 17.1 Å². The summed E-state index contributed by atoms with van der Waals surface area (Å²) < 4.78 is 24.1. The van der Waals surface area contributed by atoms with Crippen LogP contribution in [0.15, 0.2) is 4.40 Å². The van der Waals surface area contributed by atoms with Gasteiger partial charge in [0, 0.05) is 14.1 Å². The van der Waals surface area contributed by atoms with Crippen LogP contribution in [0, 0.1) is 0 Å². The standard InChI is InChI=1S/C4H7Cl3N2O2S/c1-9(2)12(10,11)8-3-4(5,6)7/h3H,1-2H3. The third-order valence-corrected chi connectivity index (χ3v) is 2.38. The average Bonchev–Trinajstić information content (AvgIpc) is 1.82. The van der Waals surface area contributed by atoms with Gasteiger partial charge in [-0.05, 0) is 0 Å². The largest absolute Gasteiger partial charge is 0.321 e. The summed E-state index contributed by atoms with van der Waals surface area (Å²) in [6, 6.07) is 0. The van der Waals surface area contributed by atoms with Crippen LogP contribution in [0.3, 0.4) is 0 Å². The minimum atomic E-state index is -3.68. The average molecular weight is 254 g/mol. The third kappa shape index (κ3) is 5.16. The molecular formula is C4H7Cl3N2O2S. The molecule has 0 heterocycles. The summed E-state index contributed by atoms with van der Waals surface area (Å²) in [5.41, 5.74) is 0. The molecule has 12 heavy (non-hydrogen) atoms. The van der Waals surface area contributed by atoms with Crippen molar-refractivity contribution in [1.29, 1.82) is 0 Å². The molecule has 4 nitrogen and oxygen atoms in total. The molecule has 72 valence electrons. The quantitative estimate of drug-likeness (QED) is 0.549. The lowest BCUT2D eigenvalue weighted by Gasteiger charge is -2.06. The monoisotopic (exact) mass is 252 g/mol. The van der Waals surface area contributed by atoms with Crippen LogP contribution in [0.5, 0.6) is 0 Å². The molecule has 0 saturated heterocycles. The Morgan fingerprint density at radius 2 is 1.75 bits per heavy atom. The van der Waals surface area contributed by atoms with Gasteiger partial charge in [-0.25, -0.2) is 0 Å². The van der Waals surface area contributed by atoms with Crippen LogP contribution in [0.2, 0.25) is 0 Å². The number of nitrogens with zero attached hydrogens (tertiary/aromatic N) is 2. The number of rotatable bonds is 2. The predicted molar refractivity (Wildman–Crippen MR) is 51.4 cm³/mol. The molecule has 0 aliphatic heterocycles. The molecule has 8 heteroatoms. The summed E-state index contributed by atoms with van der Waals surface area (Å²) in [5.74, 6) is 0. The molecule has 0 saturated carbocycles. The first-order valence-electron chi connectivity index (χ1n) is 2.71. The van der Waals surface area contributed by atoms with Crippen molar-refractivity contribution in [3.8, 4) is 0 Å². The molecule has 0 bridgehead atoms. The van der Waals surface area contributed by atoms with E-state index >= 15 is 0 Å². The second kappa shape index (κ2) is 4.11. The number of hydrogen-bond acceptors (Lipinski definition) is 2. The zero-order valence-corrected chi connectivity index (χ0v) is 9.41. The molecule has 0 aromatic carbocycles. The van der Waals surface area contributed by atoms with E-state index in [-0.39, 0.29) is 0 Å². The SMILES string of the molecule is CN(C)S(=O)(=O)N=CC(Cl)(Cl)Cl. The highest BCUT2D eigenvalue weighted by Gasteiger charge is 2.18. The molecule has 0 radical (unpaired) electrons. The normalized spacial score (nSPS) is 14.5. The summed E-state index contributed by atoms with van der Waals surface area (Å²) in [6.07, 6.45) is 0.729. The fourth-order valence-corrected chi connectivity index (χ4v) is 1.02. The van der Waals surface area contributed by atoms with E-state index in [9.17, 15) is 8.42 Å². The number of alkyl halides is 3. The van der Waals surface area contributed by atoms with Gasteiger partial charge in [0.2, 0.25) is 3.79 Å². The van der Waals surface area contributed by atoms with Crippen molar-refractivity contribution in [2.24, 2.45) is 4.40 Å². The lowest BCUT2D eigenvalue weighted by molar-refractivity contribution is 0.523. The molecule has 0 amide bonds. The molecule has 0 atom stereocenters. The van der Waals surface area contributed by atoms with Crippen molar-refractivity contribution < 1.29 is 8.42 Å². The summed E-state index contributed by atoms with van der Waals surface area (Å²) >= 11 is 15.7. The Kier molecular flexibility index (Phi) is 4.26. The fourth-order valence-electron chi connectivity index (χ4n) is 0.221. The van der Waals surface area contributed by atoms with Crippen molar-refractivity contribution in [2.45, 2.75) is 3.79 Å². The Hall–Kier alpha value is 0.450.